The summed E-state index contributed by atoms with van der Waals surface area (Å²) in [4.78, 5) is 3.83. The van der Waals surface area contributed by atoms with Crippen molar-refractivity contribution in [3.8, 4) is 0 Å². The Hall–Kier alpha value is -1.54. The Morgan fingerprint density at radius 2 is 2.14 bits per heavy atom. The molecule has 2 aromatic rings. The molecule has 1 aromatic heterocycles. The van der Waals surface area contributed by atoms with Crippen LogP contribution in [-0.4, -0.2) is 29.1 Å². The van der Waals surface area contributed by atoms with Gasteiger partial charge in [-0.05, 0) is 31.1 Å². The minimum Gasteiger partial charge on any atom is -0.353 e. The number of hydrogen-bond donors (Lipinski definition) is 1. The molecule has 3 aliphatic heterocycles. The topological polar surface area (TPSA) is 15.8 Å². The van der Waals surface area contributed by atoms with E-state index in [0.717, 1.165) is 5.92 Å². The Morgan fingerprint density at radius 3 is 3.00 bits per heavy atom. The highest BCUT2D eigenvalue weighted by Crippen LogP contribution is 2.60. The second-order valence-corrected chi connectivity index (χ2v) is 7.38. The second-order valence-electron chi connectivity index (χ2n) is 7.38. The third-order valence-electron chi connectivity index (χ3n) is 6.92. The summed E-state index contributed by atoms with van der Waals surface area (Å²) in [5.74, 6) is 0.745. The Balaban J connectivity index is 1.83. The monoisotopic (exact) mass is 279 g/mol. The first kappa shape index (κ1) is 12.0. The molecule has 1 aromatic carbocycles. The van der Waals surface area contributed by atoms with Gasteiger partial charge in [0.2, 0.25) is 0 Å². The number of quaternary nitrogens is 1. The van der Waals surface area contributed by atoms with Gasteiger partial charge in [0.15, 0.2) is 0 Å². The van der Waals surface area contributed by atoms with Gasteiger partial charge in [0.25, 0.3) is 0 Å². The summed E-state index contributed by atoms with van der Waals surface area (Å²) >= 11 is 0. The normalized spacial score (nSPS) is 39.0. The molecular formula is C19H23N2+. The zero-order valence-electron chi connectivity index (χ0n) is 12.9. The van der Waals surface area contributed by atoms with E-state index in [4.69, 9.17) is 0 Å². The molecular weight excluding hydrogens is 256 g/mol. The number of fused-ring (bicyclic) bond motifs is 3. The molecule has 3 atom stereocenters. The molecule has 0 aliphatic carbocycles. The van der Waals surface area contributed by atoms with E-state index >= 15 is 0 Å². The lowest BCUT2D eigenvalue weighted by atomic mass is 9.78. The van der Waals surface area contributed by atoms with Crippen LogP contribution < -0.4 is 0 Å². The van der Waals surface area contributed by atoms with Crippen LogP contribution >= 0.6 is 0 Å². The molecule has 108 valence electrons. The molecule has 5 rings (SSSR count). The van der Waals surface area contributed by atoms with Gasteiger partial charge in [0.1, 0.15) is 12.1 Å². The minimum atomic E-state index is 0.286. The van der Waals surface area contributed by atoms with Crippen LogP contribution in [0.5, 0.6) is 0 Å². The molecule has 0 amide bonds. The zero-order valence-corrected chi connectivity index (χ0v) is 12.9. The first-order valence-corrected chi connectivity index (χ1v) is 8.31. The van der Waals surface area contributed by atoms with Gasteiger partial charge < -0.3 is 9.47 Å². The van der Waals surface area contributed by atoms with E-state index in [9.17, 15) is 0 Å². The van der Waals surface area contributed by atoms with Crippen LogP contribution in [0.15, 0.2) is 35.9 Å². The van der Waals surface area contributed by atoms with E-state index in [1.165, 1.54) is 47.9 Å². The summed E-state index contributed by atoms with van der Waals surface area (Å²) in [6.07, 6.45) is 5.00. The van der Waals surface area contributed by atoms with Crippen LogP contribution in [0.1, 0.15) is 31.5 Å². The Kier molecular flexibility index (Phi) is 2.07. The van der Waals surface area contributed by atoms with Gasteiger partial charge in [-0.25, -0.2) is 0 Å². The van der Waals surface area contributed by atoms with Crippen molar-refractivity contribution in [1.82, 2.24) is 4.98 Å². The molecule has 2 heteroatoms. The quantitative estimate of drug-likeness (QED) is 0.558. The molecule has 2 saturated heterocycles. The first-order valence-electron chi connectivity index (χ1n) is 8.31. The molecule has 21 heavy (non-hydrogen) atoms. The summed E-state index contributed by atoms with van der Waals surface area (Å²) in [5.41, 5.74) is 6.48. The number of allylic oxidation sites excluding steroid dienone is 1. The third-order valence-corrected chi connectivity index (χ3v) is 6.92. The highest BCUT2D eigenvalue weighted by molar-refractivity contribution is 5.85. The maximum Gasteiger partial charge on any atom is 0.144 e. The van der Waals surface area contributed by atoms with Crippen LogP contribution in [0.4, 0.5) is 0 Å². The number of nitrogens with one attached hydrogen (secondary N) is 1. The fourth-order valence-electron chi connectivity index (χ4n) is 5.81. The molecule has 4 heterocycles. The van der Waals surface area contributed by atoms with Crippen molar-refractivity contribution in [3.05, 3.63) is 47.2 Å². The number of para-hydroxylation sites is 1. The van der Waals surface area contributed by atoms with E-state index in [2.05, 4.69) is 49.2 Å². The average molecular weight is 279 g/mol. The molecule has 2 nitrogen and oxygen atoms in total. The van der Waals surface area contributed by atoms with Gasteiger partial charge in [-0.1, -0.05) is 24.3 Å². The molecule has 0 saturated carbocycles. The molecule has 1 N–H and O–H groups in total. The number of aromatic amines is 1. The third kappa shape index (κ3) is 1.17. The lowest BCUT2D eigenvalue weighted by Crippen LogP contribution is -2.58. The summed E-state index contributed by atoms with van der Waals surface area (Å²) in [6, 6.07) is 8.87. The van der Waals surface area contributed by atoms with Crippen molar-refractivity contribution in [1.29, 1.82) is 0 Å². The van der Waals surface area contributed by atoms with Crippen molar-refractivity contribution < 1.29 is 4.48 Å². The van der Waals surface area contributed by atoms with Crippen molar-refractivity contribution in [2.45, 2.75) is 32.2 Å². The molecule has 0 unspecified atom stereocenters. The molecule has 2 bridgehead atoms. The first-order chi connectivity index (χ1) is 10.2. The molecule has 3 aliphatic rings. The number of piperidine rings is 1. The average Bonchev–Trinajstić information content (AvgIpc) is 3.11. The fraction of sp³-hybridized carbons (Fsp3) is 0.474. The van der Waals surface area contributed by atoms with Gasteiger partial charge in [-0.15, -0.1) is 0 Å². The lowest BCUT2D eigenvalue weighted by Gasteiger charge is -2.46. The summed E-state index contributed by atoms with van der Waals surface area (Å²) in [7, 11) is 0. The van der Waals surface area contributed by atoms with Crippen LogP contribution in [0.3, 0.4) is 0 Å². The Morgan fingerprint density at radius 1 is 1.29 bits per heavy atom. The van der Waals surface area contributed by atoms with E-state index in [1.807, 2.05) is 0 Å². The summed E-state index contributed by atoms with van der Waals surface area (Å²) < 4.78 is 1.30. The van der Waals surface area contributed by atoms with Crippen LogP contribution in [-0.2, 0) is 12.0 Å². The summed E-state index contributed by atoms with van der Waals surface area (Å²) in [6.45, 7) is 8.74. The van der Waals surface area contributed by atoms with Crippen LogP contribution in [0.2, 0.25) is 0 Å². The van der Waals surface area contributed by atoms with Gasteiger partial charge in [0.05, 0.1) is 24.7 Å². The van der Waals surface area contributed by atoms with E-state index in [-0.39, 0.29) is 5.54 Å². The SMILES string of the molecule is C/C=C1/C[N@+]23CCc4c([nH]c5ccccc45)[C@@]2(C)[C@H]1CC3. The van der Waals surface area contributed by atoms with Crippen molar-refractivity contribution in [2.75, 3.05) is 19.6 Å². The molecule has 0 spiro atoms. The molecule has 0 radical (unpaired) electrons. The van der Waals surface area contributed by atoms with E-state index in [1.54, 1.807) is 16.8 Å². The smallest absolute Gasteiger partial charge is 0.144 e. The Labute approximate surface area is 126 Å². The van der Waals surface area contributed by atoms with E-state index in [0.29, 0.717) is 0 Å². The van der Waals surface area contributed by atoms with Gasteiger partial charge in [-0.2, -0.15) is 0 Å². The lowest BCUT2D eigenvalue weighted by molar-refractivity contribution is -0.961. The van der Waals surface area contributed by atoms with Crippen molar-refractivity contribution >= 4 is 10.9 Å². The number of benzene rings is 1. The van der Waals surface area contributed by atoms with Crippen molar-refractivity contribution in [2.24, 2.45) is 5.92 Å². The predicted octanol–water partition coefficient (Wildman–Crippen LogP) is 3.74. The number of H-pyrrole nitrogens is 1. The van der Waals surface area contributed by atoms with Gasteiger partial charge in [0, 0.05) is 23.7 Å². The number of nitrogens with zero attached hydrogens (tertiary/aromatic N) is 1. The van der Waals surface area contributed by atoms with Gasteiger partial charge in [-0.3, -0.25) is 0 Å². The van der Waals surface area contributed by atoms with E-state index < -0.39 is 0 Å². The number of hydrogen-bond acceptors (Lipinski definition) is 0. The summed E-state index contributed by atoms with van der Waals surface area (Å²) in [5, 5.41) is 1.46. The largest absolute Gasteiger partial charge is 0.353 e. The number of aromatic nitrogens is 1. The van der Waals surface area contributed by atoms with Gasteiger partial charge >= 0.3 is 0 Å². The van der Waals surface area contributed by atoms with Crippen molar-refractivity contribution in [3.63, 3.8) is 0 Å². The highest BCUT2D eigenvalue weighted by Gasteiger charge is 2.67. The standard InChI is InChI=1S/C19H23N2/c1-3-13-12-21-10-8-15-14-6-4-5-7-17(14)20-18(15)19(21,2)16(13)9-11-21/h3-7,16,20H,8-12H2,1-2H3/q+1/b13-3-/t16-,19+,21+/m0/s1. The fourth-order valence-corrected chi connectivity index (χ4v) is 5.81. The maximum absolute atomic E-state index is 3.83. The van der Waals surface area contributed by atoms with Crippen LogP contribution in [0, 0.1) is 5.92 Å². The molecule has 2 fully saturated rings. The highest BCUT2D eigenvalue weighted by atomic mass is 15.5. The number of rotatable bonds is 0. The van der Waals surface area contributed by atoms with Crippen LogP contribution in [0.25, 0.3) is 10.9 Å². The second kappa shape index (κ2) is 3.61. The Bertz CT molecular complexity index is 784. The predicted molar refractivity (Wildman–Crippen MR) is 86.1 cm³/mol. The maximum atomic E-state index is 3.83. The minimum absolute atomic E-state index is 0.286. The zero-order chi connectivity index (χ0) is 14.2.